The number of ether oxygens (including phenoxy) is 2. The molecule has 1 saturated heterocycles. The topological polar surface area (TPSA) is 106 Å². The molecule has 0 radical (unpaired) electrons. The Kier molecular flexibility index (Phi) is 7.39. The van der Waals surface area contributed by atoms with Gasteiger partial charge in [0.2, 0.25) is 5.88 Å². The van der Waals surface area contributed by atoms with Crippen molar-refractivity contribution in [1.29, 1.82) is 0 Å². The summed E-state index contributed by atoms with van der Waals surface area (Å²) in [6.45, 7) is 5.46. The maximum atomic E-state index is 13.0. The Morgan fingerprint density at radius 1 is 1.19 bits per heavy atom. The van der Waals surface area contributed by atoms with Gasteiger partial charge in [0.25, 0.3) is 11.5 Å². The number of aryl methyl sites for hydroxylation is 1. The van der Waals surface area contributed by atoms with Crippen LogP contribution >= 0.6 is 0 Å². The molecule has 0 aliphatic carbocycles. The lowest BCUT2D eigenvalue weighted by atomic mass is 9.91. The van der Waals surface area contributed by atoms with E-state index < -0.39 is 28.8 Å². The van der Waals surface area contributed by atoms with Crippen molar-refractivity contribution in [3.8, 4) is 17.1 Å². The second kappa shape index (κ2) is 10.5. The van der Waals surface area contributed by atoms with Crippen molar-refractivity contribution in [2.75, 3.05) is 25.1 Å². The van der Waals surface area contributed by atoms with Gasteiger partial charge in [-0.05, 0) is 62.4 Å². The summed E-state index contributed by atoms with van der Waals surface area (Å²) >= 11 is 0. The Morgan fingerprint density at radius 3 is 2.64 bits per heavy atom. The molecule has 0 spiro atoms. The summed E-state index contributed by atoms with van der Waals surface area (Å²) in [5.74, 6) is -0.290. The van der Waals surface area contributed by atoms with Gasteiger partial charge >= 0.3 is 6.18 Å². The number of hydrogen-bond donors (Lipinski definition) is 2. The van der Waals surface area contributed by atoms with Crippen LogP contribution in [0, 0.1) is 6.92 Å². The van der Waals surface area contributed by atoms with Crippen molar-refractivity contribution >= 4 is 11.6 Å². The van der Waals surface area contributed by atoms with Crippen LogP contribution < -0.4 is 15.6 Å². The number of H-pyrrole nitrogens is 1. The molecule has 4 rings (SSSR count). The van der Waals surface area contributed by atoms with Gasteiger partial charge in [0, 0.05) is 36.2 Å². The number of carbonyl (C=O) groups is 1. The van der Waals surface area contributed by atoms with E-state index in [-0.39, 0.29) is 5.92 Å². The molecular weight excluding hydrogens is 477 g/mol. The minimum Gasteiger partial charge on any atom is -0.477 e. The molecule has 1 aliphatic heterocycles. The number of anilines is 1. The van der Waals surface area contributed by atoms with E-state index in [1.165, 1.54) is 0 Å². The van der Waals surface area contributed by atoms with Crippen LogP contribution in [0.15, 0.2) is 41.3 Å². The average Bonchev–Trinajstić information content (AvgIpc) is 2.85. The number of aromatic nitrogens is 3. The highest BCUT2D eigenvalue weighted by Crippen LogP contribution is 2.35. The number of nitrogens with zero attached hydrogens (tertiary/aromatic N) is 2. The third-order valence-electron chi connectivity index (χ3n) is 5.98. The fraction of sp³-hybridized carbons (Fsp3) is 0.360. The summed E-state index contributed by atoms with van der Waals surface area (Å²) in [7, 11) is 0. The van der Waals surface area contributed by atoms with E-state index in [4.69, 9.17) is 9.47 Å². The molecule has 1 amide bonds. The van der Waals surface area contributed by atoms with Gasteiger partial charge in [0.05, 0.1) is 17.9 Å². The standard InChI is InChI=1S/C25H25F3N4O4/c1-3-36-24-19(15-6-8-35-9-7-15)12-21(31-32-24)18-11-17(5-4-14(18)2)30-23(34)20-10-16(25(26,27)28)13-29-22(20)33/h4-5,10-13,15H,3,6-9H2,1-2H3,(H,29,33)(H,30,34). The number of aromatic amines is 1. The van der Waals surface area contributed by atoms with Crippen molar-refractivity contribution in [1.82, 2.24) is 15.2 Å². The second-order valence-corrected chi connectivity index (χ2v) is 8.42. The number of rotatable bonds is 6. The molecule has 2 N–H and O–H groups in total. The first-order chi connectivity index (χ1) is 17.2. The SMILES string of the molecule is CCOc1nnc(-c2cc(NC(=O)c3cc(C(F)(F)F)c[nH]c3=O)ccc2C)cc1C1CCOCC1. The maximum Gasteiger partial charge on any atom is 0.417 e. The molecule has 8 nitrogen and oxygen atoms in total. The van der Waals surface area contributed by atoms with Crippen LogP contribution in [0.25, 0.3) is 11.3 Å². The average molecular weight is 502 g/mol. The molecule has 11 heteroatoms. The zero-order chi connectivity index (χ0) is 25.9. The number of hydrogen-bond acceptors (Lipinski definition) is 6. The number of nitrogens with one attached hydrogen (secondary N) is 2. The van der Waals surface area contributed by atoms with Crippen molar-refractivity contribution in [3.05, 3.63) is 69.1 Å². The zero-order valence-corrected chi connectivity index (χ0v) is 19.7. The lowest BCUT2D eigenvalue weighted by Crippen LogP contribution is -2.24. The highest BCUT2D eigenvalue weighted by atomic mass is 19.4. The Labute approximate surface area is 204 Å². The molecule has 0 bridgehead atoms. The van der Waals surface area contributed by atoms with Gasteiger partial charge in [-0.1, -0.05) is 6.07 Å². The zero-order valence-electron chi connectivity index (χ0n) is 19.7. The quantitative estimate of drug-likeness (QED) is 0.506. The number of amides is 1. The lowest BCUT2D eigenvalue weighted by Gasteiger charge is -2.24. The van der Waals surface area contributed by atoms with Gasteiger partial charge < -0.3 is 19.8 Å². The van der Waals surface area contributed by atoms with E-state index in [1.807, 2.05) is 24.9 Å². The molecule has 3 heterocycles. The van der Waals surface area contributed by atoms with Crippen molar-refractivity contribution < 1.29 is 27.4 Å². The molecule has 1 aliphatic rings. The first kappa shape index (κ1) is 25.4. The van der Waals surface area contributed by atoms with Crippen molar-refractivity contribution in [2.45, 2.75) is 38.8 Å². The van der Waals surface area contributed by atoms with Crippen LogP contribution in [0.3, 0.4) is 0 Å². The minimum absolute atomic E-state index is 0.199. The van der Waals surface area contributed by atoms with Gasteiger partial charge in [0.1, 0.15) is 5.56 Å². The monoisotopic (exact) mass is 502 g/mol. The third kappa shape index (κ3) is 5.56. The van der Waals surface area contributed by atoms with Crippen LogP contribution in [0.2, 0.25) is 0 Å². The fourth-order valence-electron chi connectivity index (χ4n) is 4.07. The molecule has 190 valence electrons. The normalized spacial score (nSPS) is 14.5. The number of carbonyl (C=O) groups excluding carboxylic acids is 1. The van der Waals surface area contributed by atoms with Gasteiger partial charge in [-0.15, -0.1) is 10.2 Å². The van der Waals surface area contributed by atoms with Gasteiger partial charge in [-0.2, -0.15) is 13.2 Å². The van der Waals surface area contributed by atoms with E-state index >= 15 is 0 Å². The van der Waals surface area contributed by atoms with Crippen LogP contribution in [0.5, 0.6) is 5.88 Å². The number of pyridine rings is 1. The van der Waals surface area contributed by atoms with Gasteiger partial charge in [-0.3, -0.25) is 9.59 Å². The summed E-state index contributed by atoms with van der Waals surface area (Å²) in [6.07, 6.45) is -2.52. The second-order valence-electron chi connectivity index (χ2n) is 8.42. The first-order valence-corrected chi connectivity index (χ1v) is 11.5. The van der Waals surface area contributed by atoms with Gasteiger partial charge in [0.15, 0.2) is 0 Å². The highest BCUT2D eigenvalue weighted by molar-refractivity contribution is 6.04. The molecule has 2 aromatic heterocycles. The van der Waals surface area contributed by atoms with E-state index in [0.29, 0.717) is 54.9 Å². The number of alkyl halides is 3. The molecule has 0 unspecified atom stereocenters. The Morgan fingerprint density at radius 2 is 1.94 bits per heavy atom. The van der Waals surface area contributed by atoms with Crippen LogP contribution in [0.1, 0.15) is 52.7 Å². The van der Waals surface area contributed by atoms with Crippen LogP contribution in [0.4, 0.5) is 18.9 Å². The van der Waals surface area contributed by atoms with E-state index in [1.54, 1.807) is 18.2 Å². The lowest BCUT2D eigenvalue weighted by molar-refractivity contribution is -0.137. The number of halogens is 3. The molecule has 1 fully saturated rings. The number of benzene rings is 1. The predicted molar refractivity (Wildman–Crippen MR) is 126 cm³/mol. The molecular formula is C25H25F3N4O4. The smallest absolute Gasteiger partial charge is 0.417 e. The van der Waals surface area contributed by atoms with E-state index in [2.05, 4.69) is 15.5 Å². The highest BCUT2D eigenvalue weighted by Gasteiger charge is 2.32. The van der Waals surface area contributed by atoms with Crippen molar-refractivity contribution in [3.63, 3.8) is 0 Å². The molecule has 0 saturated carbocycles. The first-order valence-electron chi connectivity index (χ1n) is 11.5. The van der Waals surface area contributed by atoms with Crippen LogP contribution in [-0.4, -0.2) is 40.9 Å². The Bertz CT molecular complexity index is 1320. The Hall–Kier alpha value is -3.73. The summed E-state index contributed by atoms with van der Waals surface area (Å²) < 4.78 is 50.3. The largest absolute Gasteiger partial charge is 0.477 e. The van der Waals surface area contributed by atoms with E-state index in [9.17, 15) is 22.8 Å². The summed E-state index contributed by atoms with van der Waals surface area (Å²) in [5.41, 5.74) is 0.611. The molecule has 3 aromatic rings. The molecule has 0 atom stereocenters. The summed E-state index contributed by atoms with van der Waals surface area (Å²) in [4.78, 5) is 26.7. The van der Waals surface area contributed by atoms with Crippen molar-refractivity contribution in [2.24, 2.45) is 0 Å². The predicted octanol–water partition coefficient (Wildman–Crippen LogP) is 4.70. The molecule has 36 heavy (non-hydrogen) atoms. The fourth-order valence-corrected chi connectivity index (χ4v) is 4.07. The van der Waals surface area contributed by atoms with Crippen LogP contribution in [-0.2, 0) is 10.9 Å². The maximum absolute atomic E-state index is 13.0. The summed E-state index contributed by atoms with van der Waals surface area (Å²) in [5, 5.41) is 11.1. The van der Waals surface area contributed by atoms with E-state index in [0.717, 1.165) is 24.0 Å². The van der Waals surface area contributed by atoms with Gasteiger partial charge in [-0.25, -0.2) is 0 Å². The minimum atomic E-state index is -4.70. The molecule has 1 aromatic carbocycles. The third-order valence-corrected chi connectivity index (χ3v) is 5.98. The summed E-state index contributed by atoms with van der Waals surface area (Å²) in [6, 6.07) is 7.43. The Balaban J connectivity index is 1.66.